The molecule has 0 aliphatic carbocycles. The Kier molecular flexibility index (Phi) is 34.1. The lowest BCUT2D eigenvalue weighted by atomic mass is 9.97. The number of aliphatic hydroxyl groups is 7. The fourth-order valence-corrected chi connectivity index (χ4v) is 8.21. The van der Waals surface area contributed by atoms with E-state index in [1.807, 2.05) is 0 Å². The average Bonchev–Trinajstić information content (AvgIpc) is 3.25. The molecule has 13 heteroatoms. The van der Waals surface area contributed by atoms with Crippen molar-refractivity contribution in [2.45, 2.75) is 261 Å². The topological polar surface area (TPSA) is 197 Å². The van der Waals surface area contributed by atoms with Gasteiger partial charge in [-0.15, -0.1) is 0 Å². The van der Waals surface area contributed by atoms with E-state index in [2.05, 4.69) is 13.8 Å². The van der Waals surface area contributed by atoms with Gasteiger partial charge in [0.15, 0.2) is 12.6 Å². The molecule has 13 nitrogen and oxygen atoms in total. The predicted octanol–water partition coefficient (Wildman–Crippen LogP) is 6.99. The van der Waals surface area contributed by atoms with Gasteiger partial charge in [-0.1, -0.05) is 181 Å². The summed E-state index contributed by atoms with van der Waals surface area (Å²) >= 11 is 0. The number of unbranched alkanes of at least 4 members (excludes halogenated alkanes) is 26. The molecule has 60 heavy (non-hydrogen) atoms. The van der Waals surface area contributed by atoms with Gasteiger partial charge < -0.3 is 64.2 Å². The summed E-state index contributed by atoms with van der Waals surface area (Å²) in [5, 5.41) is 72.8. The van der Waals surface area contributed by atoms with Crippen molar-refractivity contribution < 1.29 is 64.2 Å². The molecule has 0 spiro atoms. The molecule has 7 N–H and O–H groups in total. The summed E-state index contributed by atoms with van der Waals surface area (Å²) in [7, 11) is 0. The molecule has 2 fully saturated rings. The van der Waals surface area contributed by atoms with Crippen molar-refractivity contribution in [1.29, 1.82) is 0 Å². The van der Waals surface area contributed by atoms with Gasteiger partial charge in [0.05, 0.1) is 26.4 Å². The highest BCUT2D eigenvalue weighted by Gasteiger charge is 2.51. The molecule has 2 rings (SSSR count). The third-order valence-corrected chi connectivity index (χ3v) is 12.2. The van der Waals surface area contributed by atoms with E-state index in [0.717, 1.165) is 25.7 Å². The quantitative estimate of drug-likeness (QED) is 0.0312. The Hall–Kier alpha value is -0.520. The second-order valence-electron chi connectivity index (χ2n) is 17.6. The van der Waals surface area contributed by atoms with Crippen LogP contribution in [0.1, 0.15) is 194 Å². The van der Waals surface area contributed by atoms with E-state index in [4.69, 9.17) is 28.4 Å². The fraction of sp³-hybridized carbons (Fsp3) is 1.00. The van der Waals surface area contributed by atoms with E-state index in [-0.39, 0.29) is 13.2 Å². The standard InChI is InChI=1S/C47H92O13/c1-3-5-7-9-11-13-15-17-19-21-23-25-27-29-31-55-35-37(36-56-32-30-28-26-24-22-20-18-16-14-12-10-8-6-4-2)57-46-44(54)42(52)45(39(34-49)59-46)60-47-43(53)41(51)40(50)38(33-48)58-47/h37-54H,3-36H2,1-2H3/t38-,39-,40-,41+,42-,43-,44-,45-,46-,47+/m1/s1. The van der Waals surface area contributed by atoms with Crippen molar-refractivity contribution in [1.82, 2.24) is 0 Å². The molecular weight excluding hydrogens is 773 g/mol. The second kappa shape index (κ2) is 36.8. The normalized spacial score (nSPS) is 27.3. The lowest BCUT2D eigenvalue weighted by Crippen LogP contribution is -2.65. The van der Waals surface area contributed by atoms with Gasteiger partial charge in [0.1, 0.15) is 54.9 Å². The first kappa shape index (κ1) is 55.6. The average molecular weight is 865 g/mol. The van der Waals surface area contributed by atoms with Crippen LogP contribution < -0.4 is 0 Å². The Morgan fingerprint density at radius 1 is 0.400 bits per heavy atom. The molecule has 2 heterocycles. The van der Waals surface area contributed by atoms with E-state index < -0.39 is 80.7 Å². The first-order chi connectivity index (χ1) is 29.3. The van der Waals surface area contributed by atoms with E-state index in [9.17, 15) is 35.7 Å². The zero-order valence-electron chi connectivity index (χ0n) is 38.0. The molecule has 0 unspecified atom stereocenters. The van der Waals surface area contributed by atoms with Gasteiger partial charge >= 0.3 is 0 Å². The van der Waals surface area contributed by atoms with E-state index in [1.165, 1.54) is 154 Å². The van der Waals surface area contributed by atoms with E-state index in [1.54, 1.807) is 0 Å². The van der Waals surface area contributed by atoms with Crippen LogP contribution in [0.5, 0.6) is 0 Å². The van der Waals surface area contributed by atoms with Crippen molar-refractivity contribution in [3.8, 4) is 0 Å². The van der Waals surface area contributed by atoms with E-state index >= 15 is 0 Å². The molecule has 0 saturated carbocycles. The maximum Gasteiger partial charge on any atom is 0.187 e. The van der Waals surface area contributed by atoms with Crippen molar-refractivity contribution in [3.05, 3.63) is 0 Å². The molecule has 0 aromatic rings. The van der Waals surface area contributed by atoms with Crippen molar-refractivity contribution in [2.24, 2.45) is 0 Å². The number of rotatable bonds is 40. The van der Waals surface area contributed by atoms with Gasteiger partial charge in [0.25, 0.3) is 0 Å². The Morgan fingerprint density at radius 3 is 1.13 bits per heavy atom. The SMILES string of the molecule is CCCCCCCCCCCCCCCCOCC(COCCCCCCCCCCCCCCCC)O[C@@H]1O[C@H](CO)[C@@H](O[C@@H]2O[C@H](CO)[C@@H](O)[C@H](O)[C@H]2O)[C@H](O)[C@H]1O. The van der Waals surface area contributed by atoms with Gasteiger partial charge in [-0.05, 0) is 12.8 Å². The fourth-order valence-electron chi connectivity index (χ4n) is 8.21. The third kappa shape index (κ3) is 24.0. The first-order valence-electron chi connectivity index (χ1n) is 24.7. The minimum absolute atomic E-state index is 0.189. The summed E-state index contributed by atoms with van der Waals surface area (Å²) in [6, 6.07) is 0. The van der Waals surface area contributed by atoms with Gasteiger partial charge in [-0.25, -0.2) is 0 Å². The summed E-state index contributed by atoms with van der Waals surface area (Å²) in [6.07, 6.45) is 20.0. The van der Waals surface area contributed by atoms with Crippen molar-refractivity contribution >= 4 is 0 Å². The van der Waals surface area contributed by atoms with Crippen LogP contribution in [0.3, 0.4) is 0 Å². The molecule has 2 aliphatic rings. The number of ether oxygens (including phenoxy) is 6. The predicted molar refractivity (Wildman–Crippen MR) is 234 cm³/mol. The van der Waals surface area contributed by atoms with Crippen molar-refractivity contribution in [2.75, 3.05) is 39.6 Å². The van der Waals surface area contributed by atoms with Gasteiger partial charge in [-0.2, -0.15) is 0 Å². The lowest BCUT2D eigenvalue weighted by Gasteiger charge is -2.46. The Balaban J connectivity index is 1.76. The largest absolute Gasteiger partial charge is 0.394 e. The molecule has 0 aromatic carbocycles. The summed E-state index contributed by atoms with van der Waals surface area (Å²) in [5.74, 6) is 0. The third-order valence-electron chi connectivity index (χ3n) is 12.2. The highest BCUT2D eigenvalue weighted by Crippen LogP contribution is 2.30. The zero-order chi connectivity index (χ0) is 43.6. The molecular formula is C47H92O13. The Morgan fingerprint density at radius 2 is 0.750 bits per heavy atom. The lowest BCUT2D eigenvalue weighted by molar-refractivity contribution is -0.364. The highest BCUT2D eigenvalue weighted by molar-refractivity contribution is 4.94. The molecule has 0 radical (unpaired) electrons. The van der Waals surface area contributed by atoms with Gasteiger partial charge in [0, 0.05) is 13.2 Å². The van der Waals surface area contributed by atoms with Crippen LogP contribution >= 0.6 is 0 Å². The molecule has 0 aromatic heterocycles. The van der Waals surface area contributed by atoms with Gasteiger partial charge in [0.2, 0.25) is 0 Å². The monoisotopic (exact) mass is 865 g/mol. The molecule has 358 valence electrons. The zero-order valence-corrected chi connectivity index (χ0v) is 38.0. The maximum atomic E-state index is 11.1. The number of hydrogen-bond acceptors (Lipinski definition) is 13. The van der Waals surface area contributed by atoms with Crippen LogP contribution in [0.15, 0.2) is 0 Å². The molecule has 0 amide bonds. The molecule has 10 atom stereocenters. The summed E-state index contributed by atoms with van der Waals surface area (Å²) < 4.78 is 35.2. The summed E-state index contributed by atoms with van der Waals surface area (Å²) in [6.45, 7) is 4.71. The van der Waals surface area contributed by atoms with Crippen LogP contribution in [0.2, 0.25) is 0 Å². The summed E-state index contributed by atoms with van der Waals surface area (Å²) in [4.78, 5) is 0. The van der Waals surface area contributed by atoms with E-state index in [0.29, 0.717) is 13.2 Å². The molecule has 2 saturated heterocycles. The Labute approximate surface area is 364 Å². The van der Waals surface area contributed by atoms with Crippen LogP contribution in [-0.4, -0.2) is 143 Å². The van der Waals surface area contributed by atoms with Gasteiger partial charge in [-0.3, -0.25) is 0 Å². The minimum atomic E-state index is -1.74. The maximum absolute atomic E-state index is 11.1. The number of aliphatic hydroxyl groups excluding tert-OH is 7. The molecule has 0 bridgehead atoms. The Bertz CT molecular complexity index is 909. The van der Waals surface area contributed by atoms with Crippen LogP contribution in [0, 0.1) is 0 Å². The summed E-state index contributed by atoms with van der Waals surface area (Å²) in [5.41, 5.74) is 0. The van der Waals surface area contributed by atoms with Crippen LogP contribution in [0.25, 0.3) is 0 Å². The highest BCUT2D eigenvalue weighted by atomic mass is 16.7. The molecule has 2 aliphatic heterocycles. The second-order valence-corrected chi connectivity index (χ2v) is 17.6. The first-order valence-corrected chi connectivity index (χ1v) is 24.7. The smallest absolute Gasteiger partial charge is 0.187 e. The number of hydrogen-bond donors (Lipinski definition) is 7. The van der Waals surface area contributed by atoms with Crippen LogP contribution in [-0.2, 0) is 28.4 Å². The minimum Gasteiger partial charge on any atom is -0.394 e. The van der Waals surface area contributed by atoms with Crippen molar-refractivity contribution in [3.63, 3.8) is 0 Å². The van der Waals surface area contributed by atoms with Crippen LogP contribution in [0.4, 0.5) is 0 Å².